The van der Waals surface area contributed by atoms with Gasteiger partial charge in [-0.25, -0.2) is 18.0 Å². The Bertz CT molecular complexity index is 7550. The lowest BCUT2D eigenvalue weighted by Gasteiger charge is -2.38. The summed E-state index contributed by atoms with van der Waals surface area (Å²) in [5.41, 5.74) is 24.9. The Morgan fingerprint density at radius 2 is 0.775 bits per heavy atom. The Balaban J connectivity index is 0.000000191. The van der Waals surface area contributed by atoms with E-state index in [4.69, 9.17) is 74.6 Å². The summed E-state index contributed by atoms with van der Waals surface area (Å²) in [6, 6.07) is 44.7. The fourth-order valence-electron chi connectivity index (χ4n) is 18.3. The molecule has 0 aliphatic carbocycles. The van der Waals surface area contributed by atoms with Gasteiger partial charge in [-0.05, 0) is 214 Å². The lowest BCUT2D eigenvalue weighted by molar-refractivity contribution is -0.122. The van der Waals surface area contributed by atoms with Crippen molar-refractivity contribution in [2.24, 2.45) is 0 Å². The number of nitrogen functional groups attached to an aromatic ring is 4. The van der Waals surface area contributed by atoms with Crippen LogP contribution in [0.3, 0.4) is 0 Å². The molecule has 15 N–H and O–H groups in total. The van der Waals surface area contributed by atoms with E-state index in [0.29, 0.717) is 96.5 Å². The summed E-state index contributed by atoms with van der Waals surface area (Å²) in [5.74, 6) is -2.67. The van der Waals surface area contributed by atoms with E-state index in [1.165, 1.54) is 72.8 Å². The minimum Gasteiger partial charge on any atom is -0.497 e. The molecule has 2 aromatic heterocycles. The zero-order valence-electron chi connectivity index (χ0n) is 73.8. The summed E-state index contributed by atoms with van der Waals surface area (Å²) >= 11 is 12.5. The van der Waals surface area contributed by atoms with Crippen molar-refractivity contribution in [2.45, 2.75) is 108 Å². The number of nitrogens with zero attached hydrogens (tertiary/aromatic N) is 6. The number of sulfone groups is 1. The first kappa shape index (κ1) is 95.2. The molecule has 6 aliphatic heterocycles. The minimum absolute atomic E-state index is 0.00681. The molecule has 8 heterocycles. The molecule has 4 amide bonds. The van der Waals surface area contributed by atoms with Crippen LogP contribution in [0.1, 0.15) is 184 Å². The maximum absolute atomic E-state index is 13.8. The molecule has 0 bridgehead atoms. The number of halogens is 2. The van der Waals surface area contributed by atoms with Gasteiger partial charge in [0.2, 0.25) is 11.8 Å². The molecular formula is C95H86Cl2N14O23S4. The molecule has 37 nitrogen and oxygen atoms in total. The van der Waals surface area contributed by atoms with E-state index < -0.39 is 147 Å². The topological polar surface area (TPSA) is 569 Å². The number of fused-ring (bicyclic) bond motifs is 18. The Morgan fingerprint density at radius 3 is 1.17 bits per heavy atom. The van der Waals surface area contributed by atoms with E-state index >= 15 is 0 Å². The molecule has 0 saturated carbocycles. The molecule has 138 heavy (non-hydrogen) atoms. The molecule has 0 radical (unpaired) electrons. The number of hydrogen-bond acceptors (Lipinski definition) is 28. The second kappa shape index (κ2) is 36.8. The zero-order chi connectivity index (χ0) is 98.3. The number of unbranched alkanes of at least 4 members (excludes halogenated alkanes) is 4. The number of ether oxygens (including phenoxy) is 6. The normalized spacial score (nSPS) is 16.0. The van der Waals surface area contributed by atoms with Crippen LogP contribution in [-0.4, -0.2) is 159 Å². The van der Waals surface area contributed by atoms with Gasteiger partial charge < -0.3 is 72.6 Å². The highest BCUT2D eigenvalue weighted by molar-refractivity contribution is 7.91. The second-order valence-electron chi connectivity index (χ2n) is 33.3. The van der Waals surface area contributed by atoms with Crippen molar-refractivity contribution in [3.63, 3.8) is 0 Å². The number of aryl methyl sites for hydroxylation is 2. The van der Waals surface area contributed by atoms with Gasteiger partial charge in [-0.15, -0.1) is 20.4 Å². The second-order valence-corrected chi connectivity index (χ2v) is 40.2. The summed E-state index contributed by atoms with van der Waals surface area (Å²) in [6.45, 7) is 4.96. The standard InChI is InChI=1S/C48H44ClN7O11S2.C47H42ClN7O12S2/c1-25-54-55-45-28(22-31(26-7-10-29(49)11-8-26)32-24-30(65-2)12-18-39(32)56(25)45)23-40(57)52-19-5-4-6-20-53-46(58)27-9-13-34-33(21-27)47(59)67-48(34)35-14-16-37(50)43(68(3,60)61)41(35)66-42-36(48)15-17-38(51)44(42)69(62,63)64;1-24-53-54-44-27(20-31(25-6-9-28(48)10-7-25)32-23-29(65-2)11-17-38(32)55(24)44)22-39(56)51-18-4-3-5-19-52-45(57)26-8-12-30-35(21-26)47(67-46(30)58)33-13-15-36(49)42(68(59,60)61)40(33)66-41-34(47)14-16-37(50)43(41)69(62,63)64/h7-18,21-22,24,28H,4-6,19-20,23,50-51H2,1-3H3,(H,52,57)(H,53,58)(H,62,63,64);6-17,20-21,23,27H,3-5,18-19,22,49-50H2,1-2H3,(H,51,56)(H,52,57)(H,59,60,61)(H,62,63,64)/t28-,48?;27-/m00/s1. The van der Waals surface area contributed by atoms with Gasteiger partial charge >= 0.3 is 11.9 Å². The molecule has 1 unspecified atom stereocenters. The van der Waals surface area contributed by atoms with Crippen LogP contribution in [0.2, 0.25) is 10.0 Å². The van der Waals surface area contributed by atoms with Gasteiger partial charge in [-0.2, -0.15) is 25.3 Å². The highest BCUT2D eigenvalue weighted by Gasteiger charge is 2.58. The van der Waals surface area contributed by atoms with E-state index in [1.54, 1.807) is 14.2 Å². The first-order valence-electron chi connectivity index (χ1n) is 42.9. The number of aromatic nitrogens is 6. The van der Waals surface area contributed by atoms with Crippen molar-refractivity contribution >= 4 is 133 Å². The number of benzene rings is 10. The van der Waals surface area contributed by atoms with Crippen LogP contribution in [0.4, 0.5) is 22.7 Å². The monoisotopic (exact) mass is 1990 g/mol. The fraction of sp³-hybridized carbons (Fsp3) is 0.221. The molecule has 0 fully saturated rings. The van der Waals surface area contributed by atoms with Crippen molar-refractivity contribution in [1.29, 1.82) is 0 Å². The first-order valence-corrected chi connectivity index (χ1v) is 49.8. The number of carbonyl (C=O) groups excluding carboxylic acids is 6. The SMILES string of the molecule is COc1ccc2c(c1)C(c1ccc(Cl)cc1)=C[C@@H](CC(=O)NCCCCCNC(=O)c1ccc3c(c1)C(=O)OC31c3ccc(N)c(S(C)(=O)=O)c3Oc3c1ccc(N)c3S(=O)(=O)O)c1nnc(C)n1-2.COc1ccc2c(c1)C(c1ccc(Cl)cc1)=C[C@@H](CC(=O)NCCCCCNC(=O)c1ccc3c(c1)C1(OC3=O)c3ccc(N)c(S(=O)(=O)O)c3Oc3c1ccc(N)c3S(=O)(=O)O)c1nnc(C)n1-2. The molecule has 2 spiro atoms. The summed E-state index contributed by atoms with van der Waals surface area (Å²) < 4.78 is 172. The van der Waals surface area contributed by atoms with Crippen molar-refractivity contribution < 1.29 is 105 Å². The van der Waals surface area contributed by atoms with E-state index in [2.05, 4.69) is 41.7 Å². The molecule has 10 aromatic carbocycles. The number of anilines is 4. The smallest absolute Gasteiger partial charge is 0.340 e. The van der Waals surface area contributed by atoms with Crippen molar-refractivity contribution in [3.8, 4) is 45.9 Å². The lowest BCUT2D eigenvalue weighted by Crippen LogP contribution is -2.35. The number of methoxy groups -OCH3 is 2. The summed E-state index contributed by atoms with van der Waals surface area (Å²) in [5, 5.41) is 30.6. The number of hydrogen-bond donors (Lipinski definition) is 11. The van der Waals surface area contributed by atoms with E-state index in [9.17, 15) is 76.1 Å². The molecule has 18 rings (SSSR count). The Labute approximate surface area is 799 Å². The largest absolute Gasteiger partial charge is 0.497 e. The molecular weight excluding hydrogens is 1900 g/mol. The zero-order valence-corrected chi connectivity index (χ0v) is 78.6. The summed E-state index contributed by atoms with van der Waals surface area (Å²) in [6.07, 6.45) is 8.70. The highest BCUT2D eigenvalue weighted by Crippen LogP contribution is 2.63. The number of esters is 2. The van der Waals surface area contributed by atoms with Gasteiger partial charge in [0.15, 0.2) is 58.7 Å². The minimum atomic E-state index is -5.19. The van der Waals surface area contributed by atoms with Gasteiger partial charge in [0.1, 0.15) is 39.7 Å². The molecule has 43 heteroatoms. The maximum Gasteiger partial charge on any atom is 0.340 e. The van der Waals surface area contributed by atoms with Crippen LogP contribution in [0.5, 0.6) is 34.5 Å². The average molecular weight is 1990 g/mol. The Hall–Kier alpha value is -14.6. The number of nitrogens with two attached hydrogens (primary N) is 4. The fourth-order valence-corrected chi connectivity index (χ4v) is 21.8. The third-order valence-corrected chi connectivity index (χ3v) is 29.0. The molecule has 712 valence electrons. The van der Waals surface area contributed by atoms with Gasteiger partial charge in [0.05, 0.1) is 59.5 Å². The summed E-state index contributed by atoms with van der Waals surface area (Å²) in [4.78, 5) is 78.2. The van der Waals surface area contributed by atoms with Crippen LogP contribution in [0.25, 0.3) is 22.5 Å². The Kier molecular flexibility index (Phi) is 25.4. The van der Waals surface area contributed by atoms with Crippen LogP contribution in [0.15, 0.2) is 202 Å². The predicted molar refractivity (Wildman–Crippen MR) is 505 cm³/mol. The third-order valence-electron chi connectivity index (χ3n) is 24.5. The number of nitrogens with one attached hydrogen (secondary N) is 4. The lowest BCUT2D eigenvalue weighted by atomic mass is 9.77. The van der Waals surface area contributed by atoms with E-state index in [1.807, 2.05) is 120 Å². The van der Waals surface area contributed by atoms with E-state index in [-0.39, 0.29) is 99.1 Å². The van der Waals surface area contributed by atoms with Crippen LogP contribution < -0.4 is 63.1 Å². The average Bonchev–Trinajstić information content (AvgIpc) is 1.56. The van der Waals surface area contributed by atoms with Gasteiger partial charge in [0, 0.05) is 123 Å². The van der Waals surface area contributed by atoms with Crippen LogP contribution in [0, 0.1) is 13.8 Å². The molecule has 3 atom stereocenters. The van der Waals surface area contributed by atoms with Crippen molar-refractivity contribution in [3.05, 3.63) is 293 Å². The molecule has 0 saturated heterocycles. The highest BCUT2D eigenvalue weighted by atomic mass is 35.5. The quantitative estimate of drug-likeness (QED) is 0.0104. The Morgan fingerprint density at radius 1 is 0.420 bits per heavy atom. The third kappa shape index (κ3) is 17.5. The maximum atomic E-state index is 13.8. The van der Waals surface area contributed by atoms with E-state index in [0.717, 1.165) is 63.2 Å². The summed E-state index contributed by atoms with van der Waals surface area (Å²) in [7, 11) is -16.4. The van der Waals surface area contributed by atoms with Crippen LogP contribution >= 0.6 is 23.2 Å². The number of allylic oxidation sites excluding steroid dienone is 2. The van der Waals surface area contributed by atoms with Gasteiger partial charge in [-0.3, -0.25) is 42.0 Å². The number of rotatable bonds is 26. The van der Waals surface area contributed by atoms with Gasteiger partial charge in [-0.1, -0.05) is 65.7 Å². The van der Waals surface area contributed by atoms with Crippen LogP contribution in [-0.2, 0) is 70.5 Å². The number of carbonyl (C=O) groups is 6. The molecule has 6 aliphatic rings. The van der Waals surface area contributed by atoms with Crippen molar-refractivity contribution in [2.75, 3.05) is 69.6 Å². The number of amides is 4. The predicted octanol–water partition coefficient (Wildman–Crippen LogP) is 12.4. The first-order chi connectivity index (χ1) is 65.6. The van der Waals surface area contributed by atoms with Crippen molar-refractivity contribution in [1.82, 2.24) is 50.8 Å². The van der Waals surface area contributed by atoms with Gasteiger partial charge in [0.25, 0.3) is 42.2 Å². The molecule has 12 aromatic rings.